The standard InChI is InChI=1S/C10H13NO3S/c1-14-8-3-2-4-9(7-8)15-6-5-11-10(12)13/h2-4,7,11H,5-6H2,1H3,(H,12,13). The second-order valence-corrected chi connectivity index (χ2v) is 3.93. The monoisotopic (exact) mass is 227 g/mol. The number of amides is 1. The van der Waals surface area contributed by atoms with Crippen LogP contribution in [0.1, 0.15) is 0 Å². The number of carboxylic acid groups (broad SMARTS) is 1. The van der Waals surface area contributed by atoms with Crippen molar-refractivity contribution in [2.45, 2.75) is 4.90 Å². The lowest BCUT2D eigenvalue weighted by Crippen LogP contribution is -2.23. The fourth-order valence-electron chi connectivity index (χ4n) is 1.02. The molecule has 0 aliphatic carbocycles. The summed E-state index contributed by atoms with van der Waals surface area (Å²) in [6.07, 6.45) is -0.985. The largest absolute Gasteiger partial charge is 0.497 e. The van der Waals surface area contributed by atoms with E-state index in [-0.39, 0.29) is 0 Å². The van der Waals surface area contributed by atoms with Gasteiger partial charge in [0.15, 0.2) is 0 Å². The molecule has 5 heteroatoms. The highest BCUT2D eigenvalue weighted by Gasteiger charge is 1.97. The molecule has 0 saturated heterocycles. The zero-order chi connectivity index (χ0) is 11.1. The topological polar surface area (TPSA) is 58.6 Å². The van der Waals surface area contributed by atoms with Crippen LogP contribution in [0.3, 0.4) is 0 Å². The zero-order valence-corrected chi connectivity index (χ0v) is 9.21. The number of benzene rings is 1. The van der Waals surface area contributed by atoms with Crippen LogP contribution in [-0.2, 0) is 0 Å². The molecule has 0 atom stereocenters. The molecule has 2 N–H and O–H groups in total. The Balaban J connectivity index is 2.33. The molecule has 15 heavy (non-hydrogen) atoms. The van der Waals surface area contributed by atoms with Gasteiger partial charge in [-0.05, 0) is 18.2 Å². The number of ether oxygens (including phenoxy) is 1. The summed E-state index contributed by atoms with van der Waals surface area (Å²) in [6.45, 7) is 0.442. The van der Waals surface area contributed by atoms with Crippen LogP contribution in [0.4, 0.5) is 4.79 Å². The molecule has 0 saturated carbocycles. The molecule has 0 aromatic heterocycles. The van der Waals surface area contributed by atoms with E-state index in [4.69, 9.17) is 9.84 Å². The van der Waals surface area contributed by atoms with Crippen LogP contribution < -0.4 is 10.1 Å². The number of methoxy groups -OCH3 is 1. The summed E-state index contributed by atoms with van der Waals surface area (Å²) in [6, 6.07) is 7.67. The van der Waals surface area contributed by atoms with E-state index in [1.54, 1.807) is 18.9 Å². The van der Waals surface area contributed by atoms with Crippen LogP contribution >= 0.6 is 11.8 Å². The third-order valence-electron chi connectivity index (χ3n) is 1.69. The Labute approximate surface area is 92.6 Å². The lowest BCUT2D eigenvalue weighted by molar-refractivity contribution is 0.195. The molecule has 4 nitrogen and oxygen atoms in total. The maximum atomic E-state index is 10.2. The lowest BCUT2D eigenvalue weighted by atomic mass is 10.3. The minimum absolute atomic E-state index is 0.442. The molecule has 0 bridgehead atoms. The number of nitrogens with one attached hydrogen (secondary N) is 1. The van der Waals surface area contributed by atoms with E-state index in [2.05, 4.69) is 5.32 Å². The highest BCUT2D eigenvalue weighted by atomic mass is 32.2. The van der Waals surface area contributed by atoms with E-state index < -0.39 is 6.09 Å². The van der Waals surface area contributed by atoms with Gasteiger partial charge in [0, 0.05) is 17.2 Å². The van der Waals surface area contributed by atoms with Crippen LogP contribution in [0.15, 0.2) is 29.2 Å². The second-order valence-electron chi connectivity index (χ2n) is 2.76. The molecule has 1 aromatic rings. The van der Waals surface area contributed by atoms with Crippen LogP contribution in [0.25, 0.3) is 0 Å². The average molecular weight is 227 g/mol. The fourth-order valence-corrected chi connectivity index (χ4v) is 1.83. The Hall–Kier alpha value is -1.36. The van der Waals surface area contributed by atoms with Crippen molar-refractivity contribution >= 4 is 17.9 Å². The van der Waals surface area contributed by atoms with Crippen LogP contribution in [0.2, 0.25) is 0 Å². The van der Waals surface area contributed by atoms with Crippen molar-refractivity contribution in [3.05, 3.63) is 24.3 Å². The summed E-state index contributed by atoms with van der Waals surface area (Å²) in [7, 11) is 1.62. The SMILES string of the molecule is COc1cccc(SCCNC(=O)O)c1. The molecular formula is C10H13NO3S. The van der Waals surface area contributed by atoms with Gasteiger partial charge in [0.2, 0.25) is 0 Å². The number of rotatable bonds is 5. The van der Waals surface area contributed by atoms with Crippen molar-refractivity contribution in [2.75, 3.05) is 19.4 Å². The summed E-state index contributed by atoms with van der Waals surface area (Å²) < 4.78 is 5.08. The molecule has 0 unspecified atom stereocenters. The van der Waals surface area contributed by atoms with Crippen molar-refractivity contribution in [3.8, 4) is 5.75 Å². The first-order valence-corrected chi connectivity index (χ1v) is 5.44. The quantitative estimate of drug-likeness (QED) is 0.597. The summed E-state index contributed by atoms with van der Waals surface area (Å²) in [5.74, 6) is 1.52. The summed E-state index contributed by atoms with van der Waals surface area (Å²) in [5, 5.41) is 10.7. The Kier molecular flexibility index (Phi) is 4.83. The van der Waals surface area contributed by atoms with Gasteiger partial charge in [-0.2, -0.15) is 0 Å². The minimum atomic E-state index is -0.985. The molecule has 1 aromatic carbocycles. The third-order valence-corrected chi connectivity index (χ3v) is 2.68. The highest BCUT2D eigenvalue weighted by Crippen LogP contribution is 2.22. The summed E-state index contributed by atoms with van der Waals surface area (Å²) >= 11 is 1.59. The second kappa shape index (κ2) is 6.19. The first-order valence-electron chi connectivity index (χ1n) is 4.46. The minimum Gasteiger partial charge on any atom is -0.497 e. The van der Waals surface area contributed by atoms with E-state index >= 15 is 0 Å². The number of carbonyl (C=O) groups is 1. The van der Waals surface area contributed by atoms with Crippen LogP contribution in [-0.4, -0.2) is 30.6 Å². The predicted molar refractivity (Wildman–Crippen MR) is 59.7 cm³/mol. The van der Waals surface area contributed by atoms with Gasteiger partial charge in [-0.3, -0.25) is 0 Å². The first kappa shape index (κ1) is 11.7. The molecule has 1 rings (SSSR count). The van der Waals surface area contributed by atoms with E-state index in [1.807, 2.05) is 24.3 Å². The average Bonchev–Trinajstić information content (AvgIpc) is 2.24. The molecular weight excluding hydrogens is 214 g/mol. The highest BCUT2D eigenvalue weighted by molar-refractivity contribution is 7.99. The third kappa shape index (κ3) is 4.60. The smallest absolute Gasteiger partial charge is 0.404 e. The van der Waals surface area contributed by atoms with Gasteiger partial charge >= 0.3 is 6.09 Å². The van der Waals surface area contributed by atoms with Crippen molar-refractivity contribution < 1.29 is 14.6 Å². The van der Waals surface area contributed by atoms with Crippen LogP contribution in [0, 0.1) is 0 Å². The molecule has 0 aliphatic rings. The summed E-state index contributed by atoms with van der Waals surface area (Å²) in [5.41, 5.74) is 0. The van der Waals surface area contributed by atoms with Gasteiger partial charge in [-0.25, -0.2) is 4.79 Å². The van der Waals surface area contributed by atoms with Crippen molar-refractivity contribution in [1.82, 2.24) is 5.32 Å². The molecule has 0 spiro atoms. The Morgan fingerprint density at radius 2 is 2.40 bits per heavy atom. The van der Waals surface area contributed by atoms with Gasteiger partial charge in [0.25, 0.3) is 0 Å². The number of hydrogen-bond donors (Lipinski definition) is 2. The number of thioether (sulfide) groups is 1. The van der Waals surface area contributed by atoms with E-state index in [0.29, 0.717) is 12.3 Å². The summed E-state index contributed by atoms with van der Waals surface area (Å²) in [4.78, 5) is 11.2. The Morgan fingerprint density at radius 3 is 3.07 bits per heavy atom. The van der Waals surface area contributed by atoms with E-state index in [0.717, 1.165) is 10.6 Å². The molecule has 0 aliphatic heterocycles. The predicted octanol–water partition coefficient (Wildman–Crippen LogP) is 2.05. The maximum absolute atomic E-state index is 10.2. The molecule has 0 fully saturated rings. The Morgan fingerprint density at radius 1 is 1.60 bits per heavy atom. The van der Waals surface area contributed by atoms with Crippen LogP contribution in [0.5, 0.6) is 5.75 Å². The maximum Gasteiger partial charge on any atom is 0.404 e. The van der Waals surface area contributed by atoms with Crippen molar-refractivity contribution in [3.63, 3.8) is 0 Å². The van der Waals surface area contributed by atoms with E-state index in [9.17, 15) is 4.79 Å². The van der Waals surface area contributed by atoms with Crippen molar-refractivity contribution in [1.29, 1.82) is 0 Å². The molecule has 1 amide bonds. The zero-order valence-electron chi connectivity index (χ0n) is 8.40. The Bertz CT molecular complexity index is 330. The van der Waals surface area contributed by atoms with Gasteiger partial charge in [-0.15, -0.1) is 11.8 Å². The fraction of sp³-hybridized carbons (Fsp3) is 0.300. The normalized spacial score (nSPS) is 9.67. The van der Waals surface area contributed by atoms with Gasteiger partial charge < -0.3 is 15.2 Å². The molecule has 0 heterocycles. The van der Waals surface area contributed by atoms with Gasteiger partial charge in [-0.1, -0.05) is 6.07 Å². The molecule has 0 radical (unpaired) electrons. The van der Waals surface area contributed by atoms with Crippen molar-refractivity contribution in [2.24, 2.45) is 0 Å². The van der Waals surface area contributed by atoms with Gasteiger partial charge in [0.05, 0.1) is 7.11 Å². The number of hydrogen-bond acceptors (Lipinski definition) is 3. The van der Waals surface area contributed by atoms with E-state index in [1.165, 1.54) is 0 Å². The lowest BCUT2D eigenvalue weighted by Gasteiger charge is -2.04. The van der Waals surface area contributed by atoms with Gasteiger partial charge in [0.1, 0.15) is 5.75 Å². The first-order chi connectivity index (χ1) is 7.22. The molecule has 82 valence electrons.